The van der Waals surface area contributed by atoms with Crippen LogP contribution in [0.3, 0.4) is 0 Å². The van der Waals surface area contributed by atoms with Crippen LogP contribution in [0.25, 0.3) is 11.4 Å². The number of carbonyl (C=O) groups is 2. The Morgan fingerprint density at radius 2 is 2.03 bits per heavy atom. The van der Waals surface area contributed by atoms with Gasteiger partial charge in [-0.15, -0.1) is 0 Å². The molecule has 1 saturated heterocycles. The van der Waals surface area contributed by atoms with Crippen molar-refractivity contribution in [2.45, 2.75) is 25.2 Å². The summed E-state index contributed by atoms with van der Waals surface area (Å²) in [5, 5.41) is 16.3. The van der Waals surface area contributed by atoms with E-state index in [0.29, 0.717) is 41.2 Å². The fraction of sp³-hybridized carbons (Fsp3) is 0.227. The minimum absolute atomic E-state index is 0.0113. The summed E-state index contributed by atoms with van der Waals surface area (Å²) in [6, 6.07) is 10.9. The van der Waals surface area contributed by atoms with Crippen LogP contribution in [0, 0.1) is 0 Å². The summed E-state index contributed by atoms with van der Waals surface area (Å²) in [6.07, 6.45) is 0.986. The number of halogens is 1. The Balaban J connectivity index is 1.59. The number of nitrogens with zero attached hydrogens (tertiary/aromatic N) is 3. The molecule has 32 heavy (non-hydrogen) atoms. The summed E-state index contributed by atoms with van der Waals surface area (Å²) in [5.41, 5.74) is 7.41. The maximum atomic E-state index is 12.7. The number of hydrogen-bond acceptors (Lipinski definition) is 7. The zero-order chi connectivity index (χ0) is 22.7. The molecule has 3 aromatic rings. The number of primary amides is 1. The fourth-order valence-corrected chi connectivity index (χ4v) is 3.35. The smallest absolute Gasteiger partial charge is 0.267 e. The second kappa shape index (κ2) is 9.06. The van der Waals surface area contributed by atoms with Gasteiger partial charge in [-0.2, -0.15) is 0 Å². The molecule has 0 saturated carbocycles. The van der Waals surface area contributed by atoms with Crippen LogP contribution in [0.2, 0.25) is 0 Å². The summed E-state index contributed by atoms with van der Waals surface area (Å²) in [7, 11) is 0. The van der Waals surface area contributed by atoms with Crippen LogP contribution >= 0.6 is 0 Å². The number of aromatic nitrogens is 3. The topological polar surface area (TPSA) is 143 Å². The molecule has 3 heterocycles. The van der Waals surface area contributed by atoms with Gasteiger partial charge in [-0.25, -0.2) is 14.4 Å². The molecule has 0 radical (unpaired) electrons. The number of aliphatic hydroxyl groups is 1. The van der Waals surface area contributed by atoms with E-state index in [2.05, 4.69) is 25.6 Å². The molecule has 2 amide bonds. The molecule has 2 atom stereocenters. The molecule has 9 nitrogen and oxygen atoms in total. The molecule has 5 N–H and O–H groups in total. The van der Waals surface area contributed by atoms with Crippen molar-refractivity contribution in [1.29, 1.82) is 0 Å². The van der Waals surface area contributed by atoms with Gasteiger partial charge in [0.2, 0.25) is 5.91 Å². The molecule has 1 unspecified atom stereocenters. The molecule has 1 fully saturated rings. The first-order chi connectivity index (χ1) is 15.4. The molecule has 1 aromatic carbocycles. The average Bonchev–Trinajstić information content (AvgIpc) is 3.22. The van der Waals surface area contributed by atoms with Crippen LogP contribution in [0.4, 0.5) is 10.2 Å². The van der Waals surface area contributed by atoms with Crippen molar-refractivity contribution < 1.29 is 19.1 Å². The Hall–Kier alpha value is -3.92. The van der Waals surface area contributed by atoms with Crippen LogP contribution < -0.4 is 16.4 Å². The third-order valence-electron chi connectivity index (χ3n) is 5.12. The predicted octanol–water partition coefficient (Wildman–Crippen LogP) is 1.49. The van der Waals surface area contributed by atoms with Crippen molar-refractivity contribution in [2.24, 2.45) is 5.73 Å². The molecule has 10 heteroatoms. The van der Waals surface area contributed by atoms with Gasteiger partial charge in [0.15, 0.2) is 5.82 Å². The van der Waals surface area contributed by atoms with Crippen LogP contribution in [0.5, 0.6) is 0 Å². The number of rotatable bonds is 7. The Morgan fingerprint density at radius 3 is 2.62 bits per heavy atom. The molecule has 1 aliphatic heterocycles. The molecule has 0 bridgehead atoms. The largest absolute Gasteiger partial charge is 0.382 e. The van der Waals surface area contributed by atoms with E-state index in [4.69, 9.17) is 5.73 Å². The lowest BCUT2D eigenvalue weighted by atomic mass is 10.0. The number of carbonyl (C=O) groups excluding carboxylic acids is 2. The lowest BCUT2D eigenvalue weighted by molar-refractivity contribution is -0.119. The van der Waals surface area contributed by atoms with Gasteiger partial charge in [0, 0.05) is 29.9 Å². The predicted molar refractivity (Wildman–Crippen MR) is 114 cm³/mol. The van der Waals surface area contributed by atoms with E-state index in [1.54, 1.807) is 36.4 Å². The lowest BCUT2D eigenvalue weighted by Crippen LogP contribution is -2.30. The van der Waals surface area contributed by atoms with Gasteiger partial charge < -0.3 is 21.5 Å². The first kappa shape index (κ1) is 21.3. The third kappa shape index (κ3) is 4.54. The number of nitrogens with two attached hydrogens (primary N) is 1. The highest BCUT2D eigenvalue weighted by atomic mass is 19.1. The van der Waals surface area contributed by atoms with Crippen molar-refractivity contribution in [3.63, 3.8) is 0 Å². The Kier molecular flexibility index (Phi) is 6.04. The van der Waals surface area contributed by atoms with E-state index in [9.17, 15) is 19.1 Å². The zero-order valence-electron chi connectivity index (χ0n) is 17.0. The summed E-state index contributed by atoms with van der Waals surface area (Å²) in [5.74, 6) is -0.305. The van der Waals surface area contributed by atoms with Crippen LogP contribution in [0.15, 0.2) is 48.7 Å². The fourth-order valence-electron chi connectivity index (χ4n) is 3.35. The molecule has 164 valence electrons. The molecule has 2 aromatic heterocycles. The first-order valence-corrected chi connectivity index (χ1v) is 9.97. The van der Waals surface area contributed by atoms with E-state index < -0.39 is 24.7 Å². The summed E-state index contributed by atoms with van der Waals surface area (Å²) < 4.78 is 12.7. The van der Waals surface area contributed by atoms with Gasteiger partial charge in [0.05, 0.1) is 5.69 Å². The first-order valence-electron chi connectivity index (χ1n) is 9.97. The van der Waals surface area contributed by atoms with Gasteiger partial charge >= 0.3 is 0 Å². The lowest BCUT2D eigenvalue weighted by Gasteiger charge is -2.13. The van der Waals surface area contributed by atoms with Gasteiger partial charge in [0.1, 0.15) is 30.3 Å². The minimum atomic E-state index is -0.992. The quantitative estimate of drug-likeness (QED) is 0.439. The number of anilines is 1. The number of pyridine rings is 1. The summed E-state index contributed by atoms with van der Waals surface area (Å²) >= 11 is 0. The SMILES string of the molecule is NC(=O)c1cc(N[C@H]2CCNC2=O)nc(-c2ccc(C(O)c3ccc(CF)cn3)cc2)n1. The molecular weight excluding hydrogens is 415 g/mol. The normalized spacial score (nSPS) is 16.4. The molecule has 4 rings (SSSR count). The number of alkyl halides is 1. The number of nitrogens with one attached hydrogen (secondary N) is 2. The average molecular weight is 436 g/mol. The third-order valence-corrected chi connectivity index (χ3v) is 5.12. The molecule has 0 aliphatic carbocycles. The number of hydrogen-bond donors (Lipinski definition) is 4. The van der Waals surface area contributed by atoms with Crippen molar-refractivity contribution in [3.8, 4) is 11.4 Å². The van der Waals surface area contributed by atoms with Crippen molar-refractivity contribution in [3.05, 3.63) is 71.2 Å². The Morgan fingerprint density at radius 1 is 1.25 bits per heavy atom. The maximum Gasteiger partial charge on any atom is 0.267 e. The van der Waals surface area contributed by atoms with Crippen LogP contribution in [-0.2, 0) is 11.5 Å². The van der Waals surface area contributed by atoms with Crippen molar-refractivity contribution in [2.75, 3.05) is 11.9 Å². The van der Waals surface area contributed by atoms with Gasteiger partial charge in [-0.05, 0) is 18.1 Å². The van der Waals surface area contributed by atoms with E-state index in [1.165, 1.54) is 12.3 Å². The van der Waals surface area contributed by atoms with E-state index >= 15 is 0 Å². The molecular formula is C22H21FN6O3. The number of benzene rings is 1. The van der Waals surface area contributed by atoms with E-state index in [0.717, 1.165) is 0 Å². The molecule has 0 spiro atoms. The van der Waals surface area contributed by atoms with Gasteiger partial charge in [0.25, 0.3) is 5.91 Å². The maximum absolute atomic E-state index is 12.7. The second-order valence-electron chi connectivity index (χ2n) is 7.35. The minimum Gasteiger partial charge on any atom is -0.382 e. The number of aliphatic hydroxyl groups excluding tert-OH is 1. The summed E-state index contributed by atoms with van der Waals surface area (Å²) in [4.78, 5) is 36.3. The van der Waals surface area contributed by atoms with Crippen LogP contribution in [-0.4, -0.2) is 44.5 Å². The van der Waals surface area contributed by atoms with Crippen molar-refractivity contribution >= 4 is 17.6 Å². The van der Waals surface area contributed by atoms with E-state index in [-0.39, 0.29) is 17.4 Å². The van der Waals surface area contributed by atoms with Gasteiger partial charge in [-0.1, -0.05) is 30.3 Å². The monoisotopic (exact) mass is 436 g/mol. The summed E-state index contributed by atoms with van der Waals surface area (Å²) in [6.45, 7) is -0.0586. The Bertz CT molecular complexity index is 1140. The van der Waals surface area contributed by atoms with Gasteiger partial charge in [-0.3, -0.25) is 14.6 Å². The van der Waals surface area contributed by atoms with Crippen molar-refractivity contribution in [1.82, 2.24) is 20.3 Å². The highest BCUT2D eigenvalue weighted by molar-refractivity contribution is 5.92. The number of amides is 2. The molecule has 1 aliphatic rings. The van der Waals surface area contributed by atoms with Crippen LogP contribution in [0.1, 0.15) is 39.8 Å². The standard InChI is InChI=1S/C22H21FN6O3/c23-10-12-1-6-15(26-11-12)19(30)13-2-4-14(5-3-13)21-28-17(20(24)31)9-18(29-21)27-16-7-8-25-22(16)32/h1-6,9,11,16,19,30H,7-8,10H2,(H2,24,31)(H,25,32)(H,27,28,29)/t16-,19?/m0/s1. The second-order valence-corrected chi connectivity index (χ2v) is 7.35. The van der Waals surface area contributed by atoms with E-state index in [1.807, 2.05) is 0 Å². The highest BCUT2D eigenvalue weighted by Crippen LogP contribution is 2.25. The zero-order valence-corrected chi connectivity index (χ0v) is 17.0. The Labute approximate surface area is 182 Å². The highest BCUT2D eigenvalue weighted by Gasteiger charge is 2.25.